The maximum atomic E-state index is 5.84. The molecule has 3 rings (SSSR count). The van der Waals surface area contributed by atoms with Crippen LogP contribution in [0.4, 0.5) is 0 Å². The van der Waals surface area contributed by atoms with Gasteiger partial charge in [0.1, 0.15) is 5.82 Å². The maximum Gasteiger partial charge on any atom is 0.250 e. The van der Waals surface area contributed by atoms with Gasteiger partial charge >= 0.3 is 0 Å². The fourth-order valence-corrected chi connectivity index (χ4v) is 2.49. The predicted molar refractivity (Wildman–Crippen MR) is 93.7 cm³/mol. The molecule has 0 bridgehead atoms. The van der Waals surface area contributed by atoms with E-state index in [0.29, 0.717) is 17.9 Å². The van der Waals surface area contributed by atoms with Crippen LogP contribution in [0.3, 0.4) is 0 Å². The highest BCUT2D eigenvalue weighted by molar-refractivity contribution is 6.67. The second-order valence-corrected chi connectivity index (χ2v) is 9.32. The molecule has 1 aromatic heterocycles. The Balaban J connectivity index is 1.97. The summed E-state index contributed by atoms with van der Waals surface area (Å²) in [6.07, 6.45) is 0.292. The van der Waals surface area contributed by atoms with Crippen molar-refractivity contribution in [2.24, 2.45) is 0 Å². The van der Waals surface area contributed by atoms with E-state index in [0.717, 1.165) is 5.56 Å². The van der Waals surface area contributed by atoms with Gasteiger partial charge in [-0.25, -0.2) is 15.0 Å². The van der Waals surface area contributed by atoms with Crippen LogP contribution in [0.15, 0.2) is 18.2 Å². The van der Waals surface area contributed by atoms with Gasteiger partial charge in [-0.15, -0.1) is 0 Å². The Hall–Kier alpha value is -0.430. The lowest BCUT2D eigenvalue weighted by Gasteiger charge is -2.15. The Morgan fingerprint density at radius 2 is 1.42 bits per heavy atom. The Kier molecular flexibility index (Phi) is 5.13. The smallest absolute Gasteiger partial charge is 0.250 e. The van der Waals surface area contributed by atoms with Crippen LogP contribution in [0.1, 0.15) is 23.0 Å². The van der Waals surface area contributed by atoms with Gasteiger partial charge in [-0.1, -0.05) is 75.7 Å². The summed E-state index contributed by atoms with van der Waals surface area (Å²) in [5, 5.41) is 0. The van der Waals surface area contributed by atoms with Crippen LogP contribution in [0, 0.1) is 0 Å². The zero-order valence-electron chi connectivity index (χ0n) is 11.6. The molecule has 24 heavy (non-hydrogen) atoms. The molecule has 0 saturated heterocycles. The number of ether oxygens (including phenoxy) is 2. The zero-order chi connectivity index (χ0) is 17.5. The van der Waals surface area contributed by atoms with E-state index in [1.54, 1.807) is 12.1 Å². The lowest BCUT2D eigenvalue weighted by Crippen LogP contribution is -2.18. The van der Waals surface area contributed by atoms with Crippen LogP contribution >= 0.6 is 69.6 Å². The number of fused-ring (bicyclic) bond motifs is 1. The molecule has 1 aromatic carbocycles. The summed E-state index contributed by atoms with van der Waals surface area (Å²) in [5.74, 6) is 1.33. The van der Waals surface area contributed by atoms with Crippen LogP contribution in [0.2, 0.25) is 0 Å². The van der Waals surface area contributed by atoms with Crippen molar-refractivity contribution in [3.05, 3.63) is 41.2 Å². The van der Waals surface area contributed by atoms with Crippen LogP contribution < -0.4 is 9.47 Å². The minimum Gasteiger partial charge on any atom is -0.454 e. The molecule has 0 amide bonds. The molecule has 11 heteroatoms. The number of hydrogen-bond acceptors (Lipinski definition) is 5. The van der Waals surface area contributed by atoms with Crippen molar-refractivity contribution in [1.29, 1.82) is 0 Å². The van der Waals surface area contributed by atoms with Crippen molar-refractivity contribution in [2.45, 2.75) is 14.0 Å². The maximum absolute atomic E-state index is 5.84. The first-order valence-corrected chi connectivity index (χ1v) is 8.67. The van der Waals surface area contributed by atoms with Crippen LogP contribution in [-0.4, -0.2) is 21.7 Å². The Labute approximate surface area is 167 Å². The number of alkyl halides is 6. The van der Waals surface area contributed by atoms with E-state index in [-0.39, 0.29) is 24.3 Å². The molecule has 0 aliphatic carbocycles. The van der Waals surface area contributed by atoms with Gasteiger partial charge in [-0.05, 0) is 17.7 Å². The summed E-state index contributed by atoms with van der Waals surface area (Å²) in [7, 11) is 0. The third kappa shape index (κ3) is 4.21. The molecule has 2 aromatic rings. The first kappa shape index (κ1) is 18.4. The summed E-state index contributed by atoms with van der Waals surface area (Å²) in [6, 6.07) is 5.42. The highest BCUT2D eigenvalue weighted by Gasteiger charge is 2.33. The molecule has 0 N–H and O–H groups in total. The van der Waals surface area contributed by atoms with Crippen LogP contribution in [0.25, 0.3) is 0 Å². The number of rotatable bonds is 2. The molecular formula is C13H7Cl6N3O2. The Morgan fingerprint density at radius 3 is 2.00 bits per heavy atom. The van der Waals surface area contributed by atoms with E-state index < -0.39 is 7.59 Å². The van der Waals surface area contributed by atoms with E-state index in [1.165, 1.54) is 0 Å². The summed E-state index contributed by atoms with van der Waals surface area (Å²) in [5.41, 5.74) is 0.844. The average molecular weight is 450 g/mol. The van der Waals surface area contributed by atoms with Crippen molar-refractivity contribution >= 4 is 69.6 Å². The van der Waals surface area contributed by atoms with Crippen molar-refractivity contribution in [1.82, 2.24) is 15.0 Å². The molecule has 0 atom stereocenters. The van der Waals surface area contributed by atoms with E-state index in [9.17, 15) is 0 Å². The topological polar surface area (TPSA) is 57.1 Å². The molecule has 0 radical (unpaired) electrons. The predicted octanol–water partition coefficient (Wildman–Crippen LogP) is 4.84. The summed E-state index contributed by atoms with van der Waals surface area (Å²) < 4.78 is 6.84. The van der Waals surface area contributed by atoms with Gasteiger partial charge in [0.15, 0.2) is 23.1 Å². The molecule has 1 aliphatic heterocycles. The third-order valence-electron chi connectivity index (χ3n) is 2.99. The summed E-state index contributed by atoms with van der Waals surface area (Å²) in [6.45, 7) is 0.180. The molecule has 2 heterocycles. The molecule has 0 spiro atoms. The largest absolute Gasteiger partial charge is 0.454 e. The van der Waals surface area contributed by atoms with E-state index in [1.807, 2.05) is 6.07 Å². The lowest BCUT2D eigenvalue weighted by molar-refractivity contribution is 0.174. The molecule has 0 saturated carbocycles. The average Bonchev–Trinajstić information content (AvgIpc) is 2.92. The quantitative estimate of drug-likeness (QED) is 0.614. The second kappa shape index (κ2) is 6.71. The fraction of sp³-hybridized carbons (Fsp3) is 0.308. The summed E-state index contributed by atoms with van der Waals surface area (Å²) in [4.78, 5) is 12.2. The zero-order valence-corrected chi connectivity index (χ0v) is 16.1. The highest BCUT2D eigenvalue weighted by atomic mass is 35.6. The van der Waals surface area contributed by atoms with Gasteiger partial charge in [-0.3, -0.25) is 0 Å². The minimum absolute atomic E-state index is 0.125. The first-order valence-electron chi connectivity index (χ1n) is 6.41. The third-order valence-corrected chi connectivity index (χ3v) is 4.00. The number of hydrogen-bond donors (Lipinski definition) is 0. The fourth-order valence-electron chi connectivity index (χ4n) is 1.99. The van der Waals surface area contributed by atoms with Gasteiger partial charge in [0.05, 0.1) is 0 Å². The normalized spacial score (nSPS) is 14.1. The molecule has 0 unspecified atom stereocenters. The SMILES string of the molecule is ClC(Cl)(Cl)c1nc(Cc2ccc3c(c2)OCO3)nc(C(Cl)(Cl)Cl)n1. The molecule has 5 nitrogen and oxygen atoms in total. The van der Waals surface area contributed by atoms with E-state index in [4.69, 9.17) is 79.1 Å². The van der Waals surface area contributed by atoms with E-state index >= 15 is 0 Å². The first-order chi connectivity index (χ1) is 11.1. The van der Waals surface area contributed by atoms with Crippen molar-refractivity contribution < 1.29 is 9.47 Å². The lowest BCUT2D eigenvalue weighted by atomic mass is 10.1. The van der Waals surface area contributed by atoms with E-state index in [2.05, 4.69) is 15.0 Å². The van der Waals surface area contributed by atoms with Gasteiger partial charge in [-0.2, -0.15) is 0 Å². The van der Waals surface area contributed by atoms with Crippen LogP contribution in [-0.2, 0) is 14.0 Å². The van der Waals surface area contributed by atoms with Gasteiger partial charge in [0.25, 0.3) is 0 Å². The van der Waals surface area contributed by atoms with Gasteiger partial charge in [0.2, 0.25) is 14.4 Å². The monoisotopic (exact) mass is 447 g/mol. The minimum atomic E-state index is -1.88. The molecular weight excluding hydrogens is 443 g/mol. The standard InChI is InChI=1S/C13H7Cl6N3O2/c14-12(15,16)10-20-9(21-11(22-10)13(17,18)19)4-6-1-2-7-8(3-6)24-5-23-7/h1-3H,4-5H2. The Morgan fingerprint density at radius 1 is 0.833 bits per heavy atom. The molecule has 0 fully saturated rings. The highest BCUT2D eigenvalue weighted by Crippen LogP contribution is 2.40. The molecule has 1 aliphatic rings. The molecule has 128 valence electrons. The van der Waals surface area contributed by atoms with Crippen molar-refractivity contribution in [2.75, 3.05) is 6.79 Å². The number of aromatic nitrogens is 3. The van der Waals surface area contributed by atoms with Crippen molar-refractivity contribution in [3.63, 3.8) is 0 Å². The number of halogens is 6. The number of benzene rings is 1. The second-order valence-electron chi connectivity index (χ2n) is 4.76. The van der Waals surface area contributed by atoms with Crippen molar-refractivity contribution in [3.8, 4) is 11.5 Å². The van der Waals surface area contributed by atoms with Gasteiger partial charge in [0, 0.05) is 6.42 Å². The van der Waals surface area contributed by atoms with Gasteiger partial charge < -0.3 is 9.47 Å². The summed E-state index contributed by atoms with van der Waals surface area (Å²) >= 11 is 35.1. The number of nitrogens with zero attached hydrogens (tertiary/aromatic N) is 3. The van der Waals surface area contributed by atoms with Crippen LogP contribution in [0.5, 0.6) is 11.5 Å². The Bertz CT molecular complexity index is 743.